The number of amides is 1. The maximum Gasteiger partial charge on any atom is 0.391 e. The van der Waals surface area contributed by atoms with Crippen LogP contribution >= 0.6 is 11.6 Å². The fourth-order valence-corrected chi connectivity index (χ4v) is 0.789. The molecule has 72 valence electrons. The predicted octanol–water partition coefficient (Wildman–Crippen LogP) is 1.68. The van der Waals surface area contributed by atoms with Gasteiger partial charge in [-0.3, -0.25) is 4.79 Å². The van der Waals surface area contributed by atoms with E-state index < -0.39 is 24.5 Å². The van der Waals surface area contributed by atoms with Gasteiger partial charge in [0.2, 0.25) is 5.91 Å². The Morgan fingerprint density at radius 3 is 2.42 bits per heavy atom. The third-order valence-corrected chi connectivity index (χ3v) is 1.31. The van der Waals surface area contributed by atoms with Crippen molar-refractivity contribution in [2.45, 2.75) is 25.6 Å². The minimum atomic E-state index is -4.25. The first-order valence-corrected chi connectivity index (χ1v) is 3.80. The quantitative estimate of drug-likeness (QED) is 0.695. The first-order chi connectivity index (χ1) is 5.35. The van der Waals surface area contributed by atoms with Crippen molar-refractivity contribution in [1.82, 2.24) is 5.32 Å². The topological polar surface area (TPSA) is 29.1 Å². The van der Waals surface area contributed by atoms with Crippen LogP contribution in [0.4, 0.5) is 13.2 Å². The molecule has 0 rings (SSSR count). The van der Waals surface area contributed by atoms with E-state index in [1.165, 1.54) is 6.92 Å². The van der Waals surface area contributed by atoms with Crippen LogP contribution in [0.15, 0.2) is 0 Å². The van der Waals surface area contributed by atoms with Gasteiger partial charge in [-0.15, -0.1) is 11.6 Å². The molecule has 0 aliphatic heterocycles. The molecule has 0 aromatic carbocycles. The Morgan fingerprint density at radius 2 is 2.08 bits per heavy atom. The van der Waals surface area contributed by atoms with E-state index >= 15 is 0 Å². The monoisotopic (exact) mass is 203 g/mol. The van der Waals surface area contributed by atoms with Crippen molar-refractivity contribution in [3.63, 3.8) is 0 Å². The molecule has 1 atom stereocenters. The third kappa shape index (κ3) is 6.27. The summed E-state index contributed by atoms with van der Waals surface area (Å²) in [5.41, 5.74) is 0. The highest BCUT2D eigenvalue weighted by Gasteiger charge is 2.30. The van der Waals surface area contributed by atoms with Crippen molar-refractivity contribution in [1.29, 1.82) is 0 Å². The number of carbonyl (C=O) groups is 1. The highest BCUT2D eigenvalue weighted by atomic mass is 35.5. The number of hydrogen-bond acceptors (Lipinski definition) is 1. The van der Waals surface area contributed by atoms with Crippen LogP contribution in [0.1, 0.15) is 13.3 Å². The van der Waals surface area contributed by atoms with E-state index in [1.54, 1.807) is 0 Å². The number of hydrogen-bond donors (Lipinski definition) is 1. The van der Waals surface area contributed by atoms with E-state index in [1.807, 2.05) is 0 Å². The summed E-state index contributed by atoms with van der Waals surface area (Å²) in [5, 5.41) is 2.10. The fourth-order valence-electron chi connectivity index (χ4n) is 0.712. The smallest absolute Gasteiger partial charge is 0.352 e. The van der Waals surface area contributed by atoms with Crippen LogP contribution in [0.25, 0.3) is 0 Å². The lowest BCUT2D eigenvalue weighted by atomic mass is 10.2. The molecule has 2 nitrogen and oxygen atoms in total. The molecule has 0 radical (unpaired) electrons. The van der Waals surface area contributed by atoms with Gasteiger partial charge in [-0.25, -0.2) is 0 Å². The number of carbonyl (C=O) groups excluding carboxylic acids is 1. The lowest BCUT2D eigenvalue weighted by Gasteiger charge is -2.14. The van der Waals surface area contributed by atoms with Crippen LogP contribution in [-0.4, -0.2) is 24.0 Å². The molecular formula is C6H9ClF3NO. The molecule has 0 fully saturated rings. The average Bonchev–Trinajstić information content (AvgIpc) is 1.82. The second kappa shape index (κ2) is 4.54. The molecule has 12 heavy (non-hydrogen) atoms. The van der Waals surface area contributed by atoms with E-state index in [2.05, 4.69) is 5.32 Å². The number of rotatable bonds is 3. The van der Waals surface area contributed by atoms with Crippen LogP contribution < -0.4 is 5.32 Å². The Morgan fingerprint density at radius 1 is 1.58 bits per heavy atom. The van der Waals surface area contributed by atoms with Gasteiger partial charge in [-0.2, -0.15) is 13.2 Å². The molecule has 1 unspecified atom stereocenters. The van der Waals surface area contributed by atoms with Gasteiger partial charge in [0.1, 0.15) is 5.88 Å². The van der Waals surface area contributed by atoms with Gasteiger partial charge in [0.05, 0.1) is 6.42 Å². The molecule has 0 saturated carbocycles. The van der Waals surface area contributed by atoms with Crippen LogP contribution in [0.2, 0.25) is 0 Å². The molecule has 0 bridgehead atoms. The summed E-state index contributed by atoms with van der Waals surface area (Å²) in [6, 6.07) is -0.920. The van der Waals surface area contributed by atoms with Gasteiger partial charge in [-0.1, -0.05) is 0 Å². The summed E-state index contributed by atoms with van der Waals surface area (Å²) in [5.74, 6) is -0.907. The average molecular weight is 204 g/mol. The zero-order valence-corrected chi connectivity index (χ0v) is 7.17. The first kappa shape index (κ1) is 11.6. The third-order valence-electron chi connectivity index (χ3n) is 1.07. The Balaban J connectivity index is 3.74. The zero-order chi connectivity index (χ0) is 9.78. The normalized spacial score (nSPS) is 14.1. The van der Waals surface area contributed by atoms with Gasteiger partial charge < -0.3 is 5.32 Å². The first-order valence-electron chi connectivity index (χ1n) is 3.27. The maximum absolute atomic E-state index is 11.7. The van der Waals surface area contributed by atoms with Gasteiger partial charge in [0, 0.05) is 6.04 Å². The summed E-state index contributed by atoms with van der Waals surface area (Å²) in [6.45, 7) is 1.28. The van der Waals surface area contributed by atoms with Crippen molar-refractivity contribution in [3.05, 3.63) is 0 Å². The van der Waals surface area contributed by atoms with Crippen molar-refractivity contribution < 1.29 is 18.0 Å². The van der Waals surface area contributed by atoms with E-state index in [9.17, 15) is 18.0 Å². The Kier molecular flexibility index (Phi) is 4.37. The SMILES string of the molecule is CC(CC(F)(F)F)NC(=O)CCl. The summed E-state index contributed by atoms with van der Waals surface area (Å²) in [4.78, 5) is 10.5. The molecule has 0 aliphatic rings. The Labute approximate surface area is 73.1 Å². The molecule has 0 spiro atoms. The van der Waals surface area contributed by atoms with Crippen LogP contribution in [-0.2, 0) is 4.79 Å². The van der Waals surface area contributed by atoms with Crippen LogP contribution in [0, 0.1) is 0 Å². The van der Waals surface area contributed by atoms with E-state index in [4.69, 9.17) is 11.6 Å². The van der Waals surface area contributed by atoms with E-state index in [0.29, 0.717) is 0 Å². The minimum absolute atomic E-state index is 0.317. The second-order valence-electron chi connectivity index (χ2n) is 2.42. The molecule has 0 aromatic heterocycles. The Bertz CT molecular complexity index is 159. The lowest BCUT2D eigenvalue weighted by Crippen LogP contribution is -2.36. The van der Waals surface area contributed by atoms with E-state index in [-0.39, 0.29) is 5.88 Å². The molecule has 0 heterocycles. The van der Waals surface area contributed by atoms with Crippen molar-refractivity contribution in [2.24, 2.45) is 0 Å². The zero-order valence-electron chi connectivity index (χ0n) is 6.41. The fraction of sp³-hybridized carbons (Fsp3) is 0.833. The summed E-state index contributed by atoms with van der Waals surface area (Å²) in [6.07, 6.45) is -5.28. The maximum atomic E-state index is 11.7. The minimum Gasteiger partial charge on any atom is -0.352 e. The molecule has 0 aliphatic carbocycles. The molecular weight excluding hydrogens is 195 g/mol. The predicted molar refractivity (Wildman–Crippen MR) is 39.0 cm³/mol. The van der Waals surface area contributed by atoms with Gasteiger partial charge in [0.25, 0.3) is 0 Å². The molecule has 0 aromatic rings. The standard InChI is InChI=1S/C6H9ClF3NO/c1-4(2-6(8,9)10)11-5(12)3-7/h4H,2-3H2,1H3,(H,11,12). The summed E-state index contributed by atoms with van der Waals surface area (Å²) in [7, 11) is 0. The van der Waals surface area contributed by atoms with Gasteiger partial charge in [0.15, 0.2) is 0 Å². The molecule has 6 heteroatoms. The summed E-state index contributed by atoms with van der Waals surface area (Å²) < 4.78 is 35.0. The Hall–Kier alpha value is -0.450. The molecule has 1 N–H and O–H groups in total. The van der Waals surface area contributed by atoms with E-state index in [0.717, 1.165) is 0 Å². The summed E-state index contributed by atoms with van der Waals surface area (Å²) >= 11 is 5.07. The van der Waals surface area contributed by atoms with Crippen molar-refractivity contribution >= 4 is 17.5 Å². The molecule has 0 saturated heterocycles. The molecule has 1 amide bonds. The van der Waals surface area contributed by atoms with Crippen molar-refractivity contribution in [2.75, 3.05) is 5.88 Å². The highest BCUT2D eigenvalue weighted by molar-refractivity contribution is 6.27. The van der Waals surface area contributed by atoms with Crippen LogP contribution in [0.3, 0.4) is 0 Å². The number of halogens is 4. The largest absolute Gasteiger partial charge is 0.391 e. The number of nitrogens with one attached hydrogen (secondary N) is 1. The van der Waals surface area contributed by atoms with Crippen molar-refractivity contribution in [3.8, 4) is 0 Å². The van der Waals surface area contributed by atoms with Crippen LogP contribution in [0.5, 0.6) is 0 Å². The van der Waals surface area contributed by atoms with Gasteiger partial charge >= 0.3 is 6.18 Å². The lowest BCUT2D eigenvalue weighted by molar-refractivity contribution is -0.140. The second-order valence-corrected chi connectivity index (χ2v) is 2.69. The van der Waals surface area contributed by atoms with Gasteiger partial charge in [-0.05, 0) is 6.92 Å². The highest BCUT2D eigenvalue weighted by Crippen LogP contribution is 2.21. The number of alkyl halides is 4.